The van der Waals surface area contributed by atoms with Crippen LogP contribution in [-0.4, -0.2) is 32.4 Å². The molecule has 22 heavy (non-hydrogen) atoms. The summed E-state index contributed by atoms with van der Waals surface area (Å²) >= 11 is 0. The van der Waals surface area contributed by atoms with Crippen LogP contribution in [-0.2, 0) is 16.4 Å². The molecule has 1 heterocycles. The molecular formula is C17H19NO3S. The molecule has 2 atom stereocenters. The van der Waals surface area contributed by atoms with Crippen molar-refractivity contribution in [2.45, 2.75) is 24.3 Å². The quantitative estimate of drug-likeness (QED) is 0.796. The van der Waals surface area contributed by atoms with Crippen molar-refractivity contribution in [1.82, 2.24) is 4.31 Å². The largest absolute Gasteiger partial charge is 0.497 e. The van der Waals surface area contributed by atoms with Crippen molar-refractivity contribution < 1.29 is 13.2 Å². The van der Waals surface area contributed by atoms with Crippen LogP contribution in [0.2, 0.25) is 0 Å². The van der Waals surface area contributed by atoms with Gasteiger partial charge in [-0.3, -0.25) is 0 Å². The number of aryl methyl sites for hydroxylation is 1. The predicted octanol–water partition coefficient (Wildman–Crippen LogP) is 2.62. The van der Waals surface area contributed by atoms with Gasteiger partial charge in [0, 0.05) is 12.6 Å². The summed E-state index contributed by atoms with van der Waals surface area (Å²) in [5.74, 6) is 0.809. The first-order valence-electron chi connectivity index (χ1n) is 7.22. The van der Waals surface area contributed by atoms with Crippen molar-refractivity contribution in [2.75, 3.05) is 13.7 Å². The van der Waals surface area contributed by atoms with E-state index >= 15 is 0 Å². The van der Waals surface area contributed by atoms with Crippen LogP contribution < -0.4 is 4.74 Å². The summed E-state index contributed by atoms with van der Waals surface area (Å²) in [6, 6.07) is 14.8. The molecule has 0 aliphatic carbocycles. The molecule has 0 saturated carbocycles. The summed E-state index contributed by atoms with van der Waals surface area (Å²) in [7, 11) is -1.73. The SMILES string of the molecule is COc1ccc(C[C@H]2CN2S(=O)(=O)c2ccc(C)cc2)cc1. The minimum Gasteiger partial charge on any atom is -0.497 e. The lowest BCUT2D eigenvalue weighted by Gasteiger charge is -2.07. The first-order chi connectivity index (χ1) is 10.5. The summed E-state index contributed by atoms with van der Waals surface area (Å²) in [5.41, 5.74) is 2.17. The molecule has 1 unspecified atom stereocenters. The molecule has 1 fully saturated rings. The lowest BCUT2D eigenvalue weighted by atomic mass is 10.1. The molecule has 0 N–H and O–H groups in total. The van der Waals surface area contributed by atoms with Gasteiger partial charge in [0.1, 0.15) is 5.75 Å². The molecular weight excluding hydrogens is 298 g/mol. The third kappa shape index (κ3) is 3.00. The van der Waals surface area contributed by atoms with Crippen molar-refractivity contribution in [1.29, 1.82) is 0 Å². The smallest absolute Gasteiger partial charge is 0.243 e. The summed E-state index contributed by atoms with van der Waals surface area (Å²) in [4.78, 5) is 0.371. The normalized spacial score (nSPS) is 20.6. The van der Waals surface area contributed by atoms with Crippen molar-refractivity contribution in [3.8, 4) is 5.75 Å². The molecule has 3 rings (SSSR count). The van der Waals surface area contributed by atoms with E-state index in [1.54, 1.807) is 23.5 Å². The maximum atomic E-state index is 12.5. The van der Waals surface area contributed by atoms with Gasteiger partial charge in [0.2, 0.25) is 10.0 Å². The molecule has 1 saturated heterocycles. The summed E-state index contributed by atoms with van der Waals surface area (Å²) in [5, 5.41) is 0. The minimum absolute atomic E-state index is 0.0553. The van der Waals surface area contributed by atoms with Gasteiger partial charge in [-0.05, 0) is 43.2 Å². The van der Waals surface area contributed by atoms with Crippen LogP contribution in [0, 0.1) is 6.92 Å². The second-order valence-electron chi connectivity index (χ2n) is 5.59. The lowest BCUT2D eigenvalue weighted by molar-refractivity contribution is 0.414. The highest BCUT2D eigenvalue weighted by atomic mass is 32.2. The molecule has 5 heteroatoms. The first-order valence-corrected chi connectivity index (χ1v) is 8.66. The number of benzene rings is 2. The van der Waals surface area contributed by atoms with Crippen molar-refractivity contribution in [2.24, 2.45) is 0 Å². The number of rotatable bonds is 5. The molecule has 0 spiro atoms. The number of ether oxygens (including phenoxy) is 1. The van der Waals surface area contributed by atoms with Crippen LogP contribution in [0.25, 0.3) is 0 Å². The van der Waals surface area contributed by atoms with E-state index in [1.165, 1.54) is 0 Å². The van der Waals surface area contributed by atoms with Crippen LogP contribution in [0.5, 0.6) is 5.75 Å². The van der Waals surface area contributed by atoms with Crippen molar-refractivity contribution in [3.63, 3.8) is 0 Å². The highest BCUT2D eigenvalue weighted by Crippen LogP contribution is 2.31. The Bertz CT molecular complexity index is 751. The van der Waals surface area contributed by atoms with Crippen molar-refractivity contribution in [3.05, 3.63) is 59.7 Å². The highest BCUT2D eigenvalue weighted by molar-refractivity contribution is 7.89. The Kier molecular flexibility index (Phi) is 3.93. The minimum atomic E-state index is -3.36. The molecule has 0 radical (unpaired) electrons. The summed E-state index contributed by atoms with van der Waals surface area (Å²) in [6.07, 6.45) is 0.731. The molecule has 1 aliphatic heterocycles. The Morgan fingerprint density at radius 2 is 1.73 bits per heavy atom. The van der Waals surface area contributed by atoms with Gasteiger partial charge in [-0.1, -0.05) is 29.8 Å². The topological polar surface area (TPSA) is 46.4 Å². The average Bonchev–Trinajstić information content (AvgIpc) is 3.28. The molecule has 116 valence electrons. The van der Waals surface area contributed by atoms with E-state index in [-0.39, 0.29) is 6.04 Å². The van der Waals surface area contributed by atoms with Crippen molar-refractivity contribution >= 4 is 10.0 Å². The lowest BCUT2D eigenvalue weighted by Crippen LogP contribution is -2.15. The predicted molar refractivity (Wildman–Crippen MR) is 85.6 cm³/mol. The van der Waals surface area contributed by atoms with Crippen LogP contribution in [0.15, 0.2) is 53.4 Å². The number of hydrogen-bond acceptors (Lipinski definition) is 3. The fourth-order valence-corrected chi connectivity index (χ4v) is 4.09. The molecule has 0 amide bonds. The number of methoxy groups -OCH3 is 1. The van der Waals surface area contributed by atoms with E-state index in [9.17, 15) is 8.42 Å². The van der Waals surface area contributed by atoms with Gasteiger partial charge in [-0.25, -0.2) is 8.42 Å². The Morgan fingerprint density at radius 1 is 1.09 bits per heavy atom. The number of hydrogen-bond donors (Lipinski definition) is 0. The Labute approximate surface area is 131 Å². The molecule has 2 aromatic carbocycles. The fraction of sp³-hybridized carbons (Fsp3) is 0.294. The highest BCUT2D eigenvalue weighted by Gasteiger charge is 2.44. The van der Waals surface area contributed by atoms with E-state index in [0.717, 1.165) is 23.3 Å². The summed E-state index contributed by atoms with van der Waals surface area (Å²) < 4.78 is 31.7. The Balaban J connectivity index is 1.69. The third-order valence-electron chi connectivity index (χ3n) is 3.92. The molecule has 4 nitrogen and oxygen atoms in total. The van der Waals surface area contributed by atoms with Crippen LogP contribution in [0.1, 0.15) is 11.1 Å². The van der Waals surface area contributed by atoms with Gasteiger partial charge in [-0.2, -0.15) is 4.31 Å². The van der Waals surface area contributed by atoms with Gasteiger partial charge in [-0.15, -0.1) is 0 Å². The van der Waals surface area contributed by atoms with E-state index in [0.29, 0.717) is 11.4 Å². The maximum absolute atomic E-state index is 12.5. The third-order valence-corrected chi connectivity index (χ3v) is 5.85. The second kappa shape index (κ2) is 5.74. The van der Waals surface area contributed by atoms with E-state index in [1.807, 2.05) is 43.3 Å². The first kappa shape index (κ1) is 15.1. The van der Waals surface area contributed by atoms with Gasteiger partial charge in [0.15, 0.2) is 0 Å². The van der Waals surface area contributed by atoms with Gasteiger partial charge in [0.05, 0.1) is 12.0 Å². The van der Waals surface area contributed by atoms with Crippen LogP contribution in [0.3, 0.4) is 0 Å². The Hall–Kier alpha value is -1.85. The standard InChI is InChI=1S/C17H19NO3S/c1-13-3-9-17(10-4-13)22(19,20)18-12-15(18)11-14-5-7-16(21-2)8-6-14/h3-10,15H,11-12H2,1-2H3/t15-,18?/m0/s1. The maximum Gasteiger partial charge on any atom is 0.243 e. The fourth-order valence-electron chi connectivity index (χ4n) is 2.50. The monoisotopic (exact) mass is 317 g/mol. The van der Waals surface area contributed by atoms with E-state index in [2.05, 4.69) is 0 Å². The molecule has 2 aromatic rings. The van der Waals surface area contributed by atoms with Crippen LogP contribution >= 0.6 is 0 Å². The van der Waals surface area contributed by atoms with Gasteiger partial charge in [0.25, 0.3) is 0 Å². The second-order valence-corrected chi connectivity index (χ2v) is 7.48. The Morgan fingerprint density at radius 3 is 2.32 bits per heavy atom. The number of sulfonamides is 1. The average molecular weight is 317 g/mol. The zero-order chi connectivity index (χ0) is 15.7. The van der Waals surface area contributed by atoms with E-state index in [4.69, 9.17) is 4.74 Å². The zero-order valence-corrected chi connectivity index (χ0v) is 13.5. The number of nitrogens with zero attached hydrogens (tertiary/aromatic N) is 1. The molecule has 0 aromatic heterocycles. The summed E-state index contributed by atoms with van der Waals surface area (Å²) in [6.45, 7) is 2.53. The van der Waals surface area contributed by atoms with Gasteiger partial charge < -0.3 is 4.74 Å². The molecule has 1 aliphatic rings. The van der Waals surface area contributed by atoms with E-state index < -0.39 is 10.0 Å². The van der Waals surface area contributed by atoms with Crippen LogP contribution in [0.4, 0.5) is 0 Å². The zero-order valence-electron chi connectivity index (χ0n) is 12.7. The van der Waals surface area contributed by atoms with Gasteiger partial charge >= 0.3 is 0 Å². The molecule has 0 bridgehead atoms.